The Kier molecular flexibility index (Phi) is 4.91. The Morgan fingerprint density at radius 2 is 1.59 bits per heavy atom. The Morgan fingerprint density at radius 3 is 2.24 bits per heavy atom. The third kappa shape index (κ3) is 3.65. The Balaban J connectivity index is 1.51. The number of aryl methyl sites for hydroxylation is 1. The first-order chi connectivity index (χ1) is 14.1. The highest BCUT2D eigenvalue weighted by Crippen LogP contribution is 2.17. The number of aromatic nitrogens is 2. The van der Waals surface area contributed by atoms with Crippen LogP contribution in [0.4, 0.5) is 5.69 Å². The van der Waals surface area contributed by atoms with Crippen molar-refractivity contribution in [2.24, 2.45) is 7.05 Å². The lowest BCUT2D eigenvalue weighted by atomic mass is 10.1. The van der Waals surface area contributed by atoms with Gasteiger partial charge in [-0.15, -0.1) is 0 Å². The van der Waals surface area contributed by atoms with E-state index in [0.717, 1.165) is 22.3 Å². The van der Waals surface area contributed by atoms with Crippen molar-refractivity contribution in [2.45, 2.75) is 6.54 Å². The molecule has 0 fully saturated rings. The SMILES string of the molecule is COc1ccc(NC(=O)c2ccc(Cn3c(=O)n(C)c4ccccc43)cc2)cc1. The largest absolute Gasteiger partial charge is 0.497 e. The molecule has 6 nitrogen and oxygen atoms in total. The molecule has 4 aromatic rings. The molecule has 146 valence electrons. The first-order valence-electron chi connectivity index (χ1n) is 9.25. The van der Waals surface area contributed by atoms with Crippen LogP contribution in [0, 0.1) is 0 Å². The Hall–Kier alpha value is -3.80. The summed E-state index contributed by atoms with van der Waals surface area (Å²) < 4.78 is 8.50. The number of nitrogens with zero attached hydrogens (tertiary/aromatic N) is 2. The molecule has 0 aliphatic heterocycles. The lowest BCUT2D eigenvalue weighted by molar-refractivity contribution is 0.102. The monoisotopic (exact) mass is 387 g/mol. The molecule has 1 heterocycles. The highest BCUT2D eigenvalue weighted by atomic mass is 16.5. The molecule has 0 aliphatic rings. The summed E-state index contributed by atoms with van der Waals surface area (Å²) in [6.07, 6.45) is 0. The predicted molar refractivity (Wildman–Crippen MR) is 114 cm³/mol. The number of nitrogens with one attached hydrogen (secondary N) is 1. The van der Waals surface area contributed by atoms with Crippen LogP contribution >= 0.6 is 0 Å². The first-order valence-corrected chi connectivity index (χ1v) is 9.25. The molecule has 4 rings (SSSR count). The number of fused-ring (bicyclic) bond motifs is 1. The fourth-order valence-electron chi connectivity index (χ4n) is 3.34. The third-order valence-electron chi connectivity index (χ3n) is 4.96. The van der Waals surface area contributed by atoms with Crippen LogP contribution in [0.25, 0.3) is 11.0 Å². The number of hydrogen-bond acceptors (Lipinski definition) is 3. The van der Waals surface area contributed by atoms with Gasteiger partial charge in [-0.1, -0.05) is 24.3 Å². The highest BCUT2D eigenvalue weighted by molar-refractivity contribution is 6.04. The standard InChI is InChI=1S/C23H21N3O3/c1-25-20-5-3-4-6-21(20)26(23(25)28)15-16-7-9-17(10-8-16)22(27)24-18-11-13-19(29-2)14-12-18/h3-14H,15H2,1-2H3,(H,24,27). The minimum absolute atomic E-state index is 0.0625. The summed E-state index contributed by atoms with van der Waals surface area (Å²) >= 11 is 0. The maximum atomic E-state index is 12.6. The highest BCUT2D eigenvalue weighted by Gasteiger charge is 2.11. The lowest BCUT2D eigenvalue weighted by Crippen LogP contribution is -2.22. The lowest BCUT2D eigenvalue weighted by Gasteiger charge is -2.08. The van der Waals surface area contributed by atoms with E-state index in [9.17, 15) is 9.59 Å². The number of imidazole rings is 1. The van der Waals surface area contributed by atoms with Gasteiger partial charge in [0.25, 0.3) is 5.91 Å². The van der Waals surface area contributed by atoms with Gasteiger partial charge in [0.15, 0.2) is 0 Å². The number of methoxy groups -OCH3 is 1. The van der Waals surface area contributed by atoms with E-state index in [1.807, 2.05) is 36.4 Å². The van der Waals surface area contributed by atoms with Crippen molar-refractivity contribution in [3.8, 4) is 5.75 Å². The van der Waals surface area contributed by atoms with Crippen molar-refractivity contribution in [1.29, 1.82) is 0 Å². The fourth-order valence-corrected chi connectivity index (χ4v) is 3.34. The van der Waals surface area contributed by atoms with Gasteiger partial charge in [-0.25, -0.2) is 4.79 Å². The minimum Gasteiger partial charge on any atom is -0.497 e. The van der Waals surface area contributed by atoms with E-state index >= 15 is 0 Å². The maximum Gasteiger partial charge on any atom is 0.329 e. The summed E-state index contributed by atoms with van der Waals surface area (Å²) in [5.74, 6) is 0.542. The van der Waals surface area contributed by atoms with Crippen molar-refractivity contribution in [3.63, 3.8) is 0 Å². The average Bonchev–Trinajstić information content (AvgIpc) is 3.00. The second kappa shape index (κ2) is 7.67. The van der Waals surface area contributed by atoms with Gasteiger partial charge in [-0.2, -0.15) is 0 Å². The summed E-state index contributed by atoms with van der Waals surface area (Å²) in [4.78, 5) is 25.0. The van der Waals surface area contributed by atoms with E-state index < -0.39 is 0 Å². The van der Waals surface area contributed by atoms with Crippen LogP contribution in [0.1, 0.15) is 15.9 Å². The predicted octanol–water partition coefficient (Wildman–Crippen LogP) is 3.65. The Morgan fingerprint density at radius 1 is 0.931 bits per heavy atom. The Labute approximate surface area is 168 Å². The van der Waals surface area contributed by atoms with Gasteiger partial charge in [0.1, 0.15) is 5.75 Å². The molecule has 0 radical (unpaired) electrons. The van der Waals surface area contributed by atoms with E-state index in [-0.39, 0.29) is 11.6 Å². The molecule has 3 aromatic carbocycles. The van der Waals surface area contributed by atoms with E-state index in [1.54, 1.807) is 59.7 Å². The van der Waals surface area contributed by atoms with Crippen molar-refractivity contribution in [1.82, 2.24) is 9.13 Å². The van der Waals surface area contributed by atoms with Gasteiger partial charge in [-0.05, 0) is 54.1 Å². The van der Waals surface area contributed by atoms with Crippen LogP contribution in [0.15, 0.2) is 77.6 Å². The van der Waals surface area contributed by atoms with Gasteiger partial charge in [0.05, 0.1) is 24.7 Å². The van der Waals surface area contributed by atoms with Gasteiger partial charge in [-0.3, -0.25) is 13.9 Å². The summed E-state index contributed by atoms with van der Waals surface area (Å²) in [6, 6.07) is 22.2. The van der Waals surface area contributed by atoms with E-state index in [4.69, 9.17) is 4.74 Å². The number of benzene rings is 3. The van der Waals surface area contributed by atoms with Crippen LogP contribution < -0.4 is 15.7 Å². The third-order valence-corrected chi connectivity index (χ3v) is 4.96. The van der Waals surface area contributed by atoms with Gasteiger partial charge in [0.2, 0.25) is 0 Å². The van der Waals surface area contributed by atoms with Crippen LogP contribution in [-0.4, -0.2) is 22.2 Å². The van der Waals surface area contributed by atoms with Crippen molar-refractivity contribution in [2.75, 3.05) is 12.4 Å². The average molecular weight is 387 g/mol. The maximum absolute atomic E-state index is 12.6. The number of para-hydroxylation sites is 2. The summed E-state index contributed by atoms with van der Waals surface area (Å²) in [7, 11) is 3.37. The van der Waals surface area contributed by atoms with Crippen molar-refractivity contribution in [3.05, 3.63) is 94.4 Å². The molecular formula is C23H21N3O3. The van der Waals surface area contributed by atoms with Gasteiger partial charge < -0.3 is 10.1 Å². The van der Waals surface area contributed by atoms with Crippen molar-refractivity contribution >= 4 is 22.6 Å². The number of amides is 1. The molecule has 0 atom stereocenters. The van der Waals surface area contributed by atoms with Crippen LogP contribution in [0.2, 0.25) is 0 Å². The number of rotatable bonds is 5. The molecule has 1 aromatic heterocycles. The molecule has 0 spiro atoms. The summed E-state index contributed by atoms with van der Waals surface area (Å²) in [5.41, 5.74) is 3.92. The van der Waals surface area contributed by atoms with Gasteiger partial charge >= 0.3 is 5.69 Å². The smallest absolute Gasteiger partial charge is 0.329 e. The summed E-state index contributed by atoms with van der Waals surface area (Å²) in [5, 5.41) is 2.86. The first kappa shape index (κ1) is 18.6. The molecule has 0 saturated heterocycles. The topological polar surface area (TPSA) is 65.3 Å². The second-order valence-electron chi connectivity index (χ2n) is 6.80. The minimum atomic E-state index is -0.191. The van der Waals surface area contributed by atoms with E-state index in [2.05, 4.69) is 5.32 Å². The number of ether oxygens (including phenoxy) is 1. The second-order valence-corrected chi connectivity index (χ2v) is 6.80. The molecule has 0 bridgehead atoms. The fraction of sp³-hybridized carbons (Fsp3) is 0.130. The van der Waals surface area contributed by atoms with E-state index in [1.165, 1.54) is 0 Å². The molecular weight excluding hydrogens is 366 g/mol. The van der Waals surface area contributed by atoms with Crippen molar-refractivity contribution < 1.29 is 9.53 Å². The number of hydrogen-bond donors (Lipinski definition) is 1. The summed E-state index contributed by atoms with van der Waals surface area (Å²) in [6.45, 7) is 0.445. The molecule has 1 amide bonds. The quantitative estimate of drug-likeness (QED) is 0.568. The molecule has 0 saturated carbocycles. The number of anilines is 1. The normalized spacial score (nSPS) is 10.8. The molecule has 29 heavy (non-hydrogen) atoms. The molecule has 1 N–H and O–H groups in total. The van der Waals surface area contributed by atoms with E-state index in [0.29, 0.717) is 17.8 Å². The van der Waals surface area contributed by atoms with Crippen LogP contribution in [0.3, 0.4) is 0 Å². The zero-order valence-electron chi connectivity index (χ0n) is 16.3. The zero-order chi connectivity index (χ0) is 20.4. The van der Waals surface area contributed by atoms with Crippen LogP contribution in [0.5, 0.6) is 5.75 Å². The number of carbonyl (C=O) groups excluding carboxylic acids is 1. The molecule has 0 unspecified atom stereocenters. The Bertz CT molecular complexity index is 1220. The zero-order valence-corrected chi connectivity index (χ0v) is 16.3. The molecule has 6 heteroatoms. The number of carbonyl (C=O) groups is 1. The molecule has 0 aliphatic carbocycles. The van der Waals surface area contributed by atoms with Gasteiger partial charge in [0, 0.05) is 18.3 Å². The van der Waals surface area contributed by atoms with Crippen LogP contribution in [-0.2, 0) is 13.6 Å².